The molecule has 1 aromatic carbocycles. The van der Waals surface area contributed by atoms with E-state index < -0.39 is 12.0 Å². The molecular weight excluding hydrogens is 347 g/mol. The maximum absolute atomic E-state index is 13.3. The van der Waals surface area contributed by atoms with Crippen molar-refractivity contribution in [3.8, 4) is 11.5 Å². The number of alkyl halides is 3. The predicted molar refractivity (Wildman–Crippen MR) is 92.9 cm³/mol. The van der Waals surface area contributed by atoms with E-state index in [2.05, 4.69) is 9.97 Å². The van der Waals surface area contributed by atoms with Crippen LogP contribution in [0, 0.1) is 0 Å². The Labute approximate surface area is 150 Å². The van der Waals surface area contributed by atoms with Crippen LogP contribution in [0.2, 0.25) is 0 Å². The number of methoxy groups -OCH3 is 2. The zero-order chi connectivity index (χ0) is 18.9. The smallest absolute Gasteiger partial charge is 0.451 e. The second kappa shape index (κ2) is 7.17. The van der Waals surface area contributed by atoms with E-state index >= 15 is 0 Å². The van der Waals surface area contributed by atoms with Crippen LogP contribution in [0.3, 0.4) is 0 Å². The lowest BCUT2D eigenvalue weighted by Gasteiger charge is -2.33. The highest BCUT2D eigenvalue weighted by atomic mass is 19.4. The molecule has 1 saturated carbocycles. The molecule has 3 rings (SSSR count). The summed E-state index contributed by atoms with van der Waals surface area (Å²) in [6.45, 7) is 0. The Morgan fingerprint density at radius 1 is 1.00 bits per heavy atom. The van der Waals surface area contributed by atoms with Gasteiger partial charge in [-0.1, -0.05) is 19.3 Å². The number of nitrogens with zero attached hydrogens (tertiary/aromatic N) is 3. The number of fused-ring (bicyclic) bond motifs is 1. The van der Waals surface area contributed by atoms with Gasteiger partial charge >= 0.3 is 6.18 Å². The molecule has 2 aromatic rings. The number of hydrogen-bond donors (Lipinski definition) is 0. The van der Waals surface area contributed by atoms with Gasteiger partial charge in [0, 0.05) is 24.5 Å². The minimum absolute atomic E-state index is 0.163. The van der Waals surface area contributed by atoms with Gasteiger partial charge < -0.3 is 14.4 Å². The average molecular weight is 369 g/mol. The molecule has 0 radical (unpaired) electrons. The fourth-order valence-electron chi connectivity index (χ4n) is 3.48. The third-order valence-electron chi connectivity index (χ3n) is 4.89. The molecular formula is C18H22F3N3O2. The summed E-state index contributed by atoms with van der Waals surface area (Å²) >= 11 is 0. The predicted octanol–water partition coefficient (Wildman–Crippen LogP) is 4.43. The molecule has 0 aliphatic heterocycles. The summed E-state index contributed by atoms with van der Waals surface area (Å²) < 4.78 is 50.5. The number of anilines is 1. The second-order valence-electron chi connectivity index (χ2n) is 6.50. The highest BCUT2D eigenvalue weighted by Crippen LogP contribution is 2.38. The minimum atomic E-state index is -4.62. The van der Waals surface area contributed by atoms with Gasteiger partial charge in [-0.3, -0.25) is 0 Å². The molecule has 0 amide bonds. The van der Waals surface area contributed by atoms with Crippen molar-refractivity contribution < 1.29 is 22.6 Å². The lowest BCUT2D eigenvalue weighted by Crippen LogP contribution is -2.34. The molecule has 1 aliphatic rings. The normalized spacial score (nSPS) is 15.9. The first kappa shape index (κ1) is 18.5. The quantitative estimate of drug-likeness (QED) is 0.798. The molecule has 0 unspecified atom stereocenters. The zero-order valence-electron chi connectivity index (χ0n) is 15.1. The van der Waals surface area contributed by atoms with Crippen LogP contribution >= 0.6 is 0 Å². The van der Waals surface area contributed by atoms with E-state index in [4.69, 9.17) is 9.47 Å². The van der Waals surface area contributed by atoms with Crippen molar-refractivity contribution in [2.45, 2.75) is 44.3 Å². The van der Waals surface area contributed by atoms with Crippen molar-refractivity contribution in [3.63, 3.8) is 0 Å². The molecule has 142 valence electrons. The van der Waals surface area contributed by atoms with Crippen LogP contribution in [0.1, 0.15) is 37.9 Å². The number of benzene rings is 1. The minimum Gasteiger partial charge on any atom is -0.493 e. The highest BCUT2D eigenvalue weighted by Gasteiger charge is 2.36. The van der Waals surface area contributed by atoms with Gasteiger partial charge in [-0.05, 0) is 18.9 Å². The molecule has 1 aliphatic carbocycles. The lowest BCUT2D eigenvalue weighted by atomic mass is 9.94. The zero-order valence-corrected chi connectivity index (χ0v) is 15.1. The van der Waals surface area contributed by atoms with Crippen LogP contribution in [0.15, 0.2) is 12.1 Å². The molecule has 26 heavy (non-hydrogen) atoms. The Bertz CT molecular complexity index is 789. The fraction of sp³-hybridized carbons (Fsp3) is 0.556. The van der Waals surface area contributed by atoms with Crippen LogP contribution in [0.4, 0.5) is 19.0 Å². The van der Waals surface area contributed by atoms with Gasteiger partial charge in [0.05, 0.1) is 19.7 Å². The Morgan fingerprint density at radius 2 is 1.62 bits per heavy atom. The van der Waals surface area contributed by atoms with Gasteiger partial charge in [-0.25, -0.2) is 9.97 Å². The maximum atomic E-state index is 13.3. The molecule has 1 fully saturated rings. The molecule has 0 saturated heterocycles. The van der Waals surface area contributed by atoms with Crippen molar-refractivity contribution in [1.82, 2.24) is 9.97 Å². The van der Waals surface area contributed by atoms with Crippen molar-refractivity contribution in [2.75, 3.05) is 26.2 Å². The van der Waals surface area contributed by atoms with Gasteiger partial charge in [0.1, 0.15) is 5.82 Å². The lowest BCUT2D eigenvalue weighted by molar-refractivity contribution is -0.144. The average Bonchev–Trinajstić information content (AvgIpc) is 2.65. The number of hydrogen-bond acceptors (Lipinski definition) is 5. The standard InChI is InChI=1S/C18H22F3N3O2/c1-24(11-7-5-4-6-8-11)16-12-9-14(25-2)15(26-3)10-13(12)22-17(23-16)18(19,20)21/h9-11H,4-8H2,1-3H3. The van der Waals surface area contributed by atoms with Crippen LogP contribution in [-0.4, -0.2) is 37.3 Å². The van der Waals surface area contributed by atoms with Gasteiger partial charge in [0.15, 0.2) is 11.5 Å². The molecule has 0 N–H and O–H groups in total. The van der Waals surface area contributed by atoms with E-state index in [1.165, 1.54) is 20.3 Å². The van der Waals surface area contributed by atoms with Gasteiger partial charge in [-0.15, -0.1) is 0 Å². The summed E-state index contributed by atoms with van der Waals surface area (Å²) in [6.07, 6.45) is 0.563. The summed E-state index contributed by atoms with van der Waals surface area (Å²) in [4.78, 5) is 9.44. The van der Waals surface area contributed by atoms with E-state index in [-0.39, 0.29) is 17.4 Å². The first-order chi connectivity index (χ1) is 12.3. The Kier molecular flexibility index (Phi) is 5.11. The van der Waals surface area contributed by atoms with E-state index in [0.29, 0.717) is 16.9 Å². The number of aromatic nitrogens is 2. The van der Waals surface area contributed by atoms with Gasteiger partial charge in [0.2, 0.25) is 5.82 Å². The Morgan fingerprint density at radius 3 is 2.19 bits per heavy atom. The van der Waals surface area contributed by atoms with Crippen molar-refractivity contribution in [3.05, 3.63) is 18.0 Å². The molecule has 0 bridgehead atoms. The van der Waals surface area contributed by atoms with Crippen LogP contribution in [0.5, 0.6) is 11.5 Å². The van der Waals surface area contributed by atoms with Crippen molar-refractivity contribution in [1.29, 1.82) is 0 Å². The molecule has 0 atom stereocenters. The highest BCUT2D eigenvalue weighted by molar-refractivity contribution is 5.92. The molecule has 1 heterocycles. The van der Waals surface area contributed by atoms with Crippen molar-refractivity contribution >= 4 is 16.7 Å². The monoisotopic (exact) mass is 369 g/mol. The molecule has 1 aromatic heterocycles. The van der Waals surface area contributed by atoms with E-state index in [9.17, 15) is 13.2 Å². The summed E-state index contributed by atoms with van der Waals surface area (Å²) in [6, 6.07) is 3.27. The third kappa shape index (κ3) is 3.50. The summed E-state index contributed by atoms with van der Waals surface area (Å²) in [7, 11) is 4.72. The van der Waals surface area contributed by atoms with Crippen LogP contribution in [0.25, 0.3) is 10.9 Å². The molecule has 5 nitrogen and oxygen atoms in total. The first-order valence-corrected chi connectivity index (χ1v) is 8.59. The number of ether oxygens (including phenoxy) is 2. The second-order valence-corrected chi connectivity index (χ2v) is 6.50. The number of rotatable bonds is 4. The van der Waals surface area contributed by atoms with Crippen molar-refractivity contribution in [2.24, 2.45) is 0 Å². The SMILES string of the molecule is COc1cc2nc(C(F)(F)F)nc(N(C)C3CCCCC3)c2cc1OC. The summed E-state index contributed by atoms with van der Waals surface area (Å²) in [5.41, 5.74) is 0.183. The van der Waals surface area contributed by atoms with Crippen LogP contribution < -0.4 is 14.4 Å². The van der Waals surface area contributed by atoms with E-state index in [1.54, 1.807) is 13.1 Å². The summed E-state index contributed by atoms with van der Waals surface area (Å²) in [5.74, 6) is -0.107. The van der Waals surface area contributed by atoms with Gasteiger partial charge in [-0.2, -0.15) is 13.2 Å². The fourth-order valence-corrected chi connectivity index (χ4v) is 3.48. The molecule has 8 heteroatoms. The largest absolute Gasteiger partial charge is 0.493 e. The van der Waals surface area contributed by atoms with E-state index in [0.717, 1.165) is 32.1 Å². The topological polar surface area (TPSA) is 47.5 Å². The molecule has 0 spiro atoms. The van der Waals surface area contributed by atoms with Gasteiger partial charge in [0.25, 0.3) is 0 Å². The third-order valence-corrected chi connectivity index (χ3v) is 4.89. The Balaban J connectivity index is 2.20. The Hall–Kier alpha value is -2.25. The summed E-state index contributed by atoms with van der Waals surface area (Å²) in [5, 5.41) is 0.517. The number of halogens is 3. The maximum Gasteiger partial charge on any atom is 0.451 e. The van der Waals surface area contributed by atoms with E-state index in [1.807, 2.05) is 4.90 Å². The first-order valence-electron chi connectivity index (χ1n) is 8.59. The van der Waals surface area contributed by atoms with Crippen LogP contribution in [-0.2, 0) is 6.18 Å².